The Bertz CT molecular complexity index is 2080. The molecule has 0 aliphatic carbocycles. The van der Waals surface area contributed by atoms with Gasteiger partial charge in [0, 0.05) is 30.3 Å². The lowest BCUT2D eigenvalue weighted by Crippen LogP contribution is -2.60. The molecule has 0 spiro atoms. The summed E-state index contributed by atoms with van der Waals surface area (Å²) in [5.41, 5.74) is -0.0403. The summed E-state index contributed by atoms with van der Waals surface area (Å²) in [6.07, 6.45) is -15.5. The molecule has 20 heteroatoms. The highest BCUT2D eigenvalue weighted by Gasteiger charge is 2.47. The van der Waals surface area contributed by atoms with Gasteiger partial charge in [0.2, 0.25) is 18.3 Å². The second-order valence-corrected chi connectivity index (χ2v) is 12.8. The van der Waals surface area contributed by atoms with Gasteiger partial charge in [0.25, 0.3) is 0 Å². The maximum atomic E-state index is 12.5. The van der Waals surface area contributed by atoms with Crippen LogP contribution in [-0.2, 0) is 19.0 Å². The Hall–Kier alpha value is -5.68. The largest absolute Gasteiger partial charge is 0.507 e. The van der Waals surface area contributed by atoms with Gasteiger partial charge in [-0.1, -0.05) is 6.07 Å². The van der Waals surface area contributed by atoms with Crippen molar-refractivity contribution < 1.29 is 99.3 Å². The van der Waals surface area contributed by atoms with Gasteiger partial charge in [0.05, 0.1) is 18.2 Å². The molecule has 2 aliphatic heterocycles. The minimum absolute atomic E-state index is 0.0733. The smallest absolute Gasteiger partial charge is 0.402 e. The van der Waals surface area contributed by atoms with Crippen LogP contribution in [0.3, 0.4) is 0 Å². The number of ether oxygens (including phenoxy) is 5. The lowest BCUT2D eigenvalue weighted by molar-refractivity contribution is -0.278. The number of aliphatic hydroxyl groups is 7. The summed E-state index contributed by atoms with van der Waals surface area (Å²) in [5.74, 6) is -5.83. The van der Waals surface area contributed by atoms with Gasteiger partial charge in [-0.25, -0.2) is 9.21 Å². The second kappa shape index (κ2) is 16.2. The van der Waals surface area contributed by atoms with Gasteiger partial charge < -0.3 is 90.1 Å². The fourth-order valence-electron chi connectivity index (χ4n) is 5.88. The Morgan fingerprint density at radius 3 is 1.91 bits per heavy atom. The average Bonchev–Trinajstić information content (AvgIpc) is 3.16. The Labute approximate surface area is 314 Å². The summed E-state index contributed by atoms with van der Waals surface area (Å²) >= 11 is 0. The van der Waals surface area contributed by atoms with E-state index in [9.17, 15) is 71.2 Å². The first-order valence-corrected chi connectivity index (χ1v) is 16.7. The number of aliphatic hydroxyl groups excluding tert-OH is 7. The zero-order chi connectivity index (χ0) is 40.6. The van der Waals surface area contributed by atoms with E-state index in [1.807, 2.05) is 0 Å². The number of benzene rings is 3. The van der Waals surface area contributed by atoms with E-state index >= 15 is 0 Å². The highest BCUT2D eigenvalue weighted by Crippen LogP contribution is 2.45. The van der Waals surface area contributed by atoms with Crippen molar-refractivity contribution in [1.29, 1.82) is 0 Å². The highest BCUT2D eigenvalue weighted by molar-refractivity contribution is 5.89. The molecular formula is C36H37O20+. The van der Waals surface area contributed by atoms with Crippen LogP contribution in [0.4, 0.5) is 0 Å². The molecule has 4 aromatic rings. The molecule has 6 rings (SSSR count). The summed E-state index contributed by atoms with van der Waals surface area (Å²) in [6.45, 7) is -1.47. The van der Waals surface area contributed by atoms with Crippen molar-refractivity contribution in [2.75, 3.05) is 13.2 Å². The van der Waals surface area contributed by atoms with Crippen LogP contribution >= 0.6 is 0 Å². The van der Waals surface area contributed by atoms with E-state index in [4.69, 9.17) is 28.1 Å². The molecule has 2 aliphatic rings. The molecule has 13 N–H and O–H groups in total. The first kappa shape index (κ1) is 40.0. The molecule has 2 fully saturated rings. The molecule has 0 bridgehead atoms. The topological polar surface area (TPSA) is 338 Å². The fraction of sp³-hybridized carbons (Fsp3) is 0.333. The van der Waals surface area contributed by atoms with Crippen LogP contribution in [-0.4, -0.2) is 147 Å². The number of aromatic hydroxyl groups is 6. The van der Waals surface area contributed by atoms with Crippen LogP contribution in [0.25, 0.3) is 28.4 Å². The lowest BCUT2D eigenvalue weighted by atomic mass is 9.99. The van der Waals surface area contributed by atoms with Crippen LogP contribution in [0, 0.1) is 0 Å². The zero-order valence-corrected chi connectivity index (χ0v) is 28.6. The minimum atomic E-state index is -1.99. The van der Waals surface area contributed by atoms with Crippen molar-refractivity contribution in [1.82, 2.24) is 0 Å². The molecule has 0 amide bonds. The summed E-state index contributed by atoms with van der Waals surface area (Å²) in [4.78, 5) is 12.5. The molecule has 300 valence electrons. The number of fused-ring (bicyclic) bond motifs is 1. The van der Waals surface area contributed by atoms with E-state index in [0.29, 0.717) is 5.56 Å². The predicted octanol–water partition coefficient (Wildman–Crippen LogP) is -0.764. The third kappa shape index (κ3) is 8.14. The summed E-state index contributed by atoms with van der Waals surface area (Å²) in [7, 11) is 0. The zero-order valence-electron chi connectivity index (χ0n) is 28.6. The van der Waals surface area contributed by atoms with Crippen LogP contribution < -0.4 is 9.47 Å². The van der Waals surface area contributed by atoms with E-state index in [0.717, 1.165) is 30.3 Å². The molecule has 2 saturated heterocycles. The van der Waals surface area contributed by atoms with Gasteiger partial charge >= 0.3 is 17.3 Å². The van der Waals surface area contributed by atoms with Crippen LogP contribution in [0.1, 0.15) is 5.56 Å². The molecule has 0 radical (unpaired) electrons. The summed E-state index contributed by atoms with van der Waals surface area (Å²) in [6, 6.07) is 8.97. The van der Waals surface area contributed by atoms with Gasteiger partial charge in [-0.05, 0) is 23.8 Å². The second-order valence-electron chi connectivity index (χ2n) is 12.8. The quantitative estimate of drug-likeness (QED) is 0.0406. The molecule has 1 aromatic heterocycles. The SMILES string of the molecule is O=C(/C=C/c1ccc(O)c(O)c1)OCC1O[C@@H](Oc2cc3c(O[C@@H]4OC(CO)[C@@H](O)[C@H](O)C4O)cc(O)cc3[o+]c2-c2cc(O)c(O)c(O)c2)C(O)C(O)[C@H]1O. The van der Waals surface area contributed by atoms with E-state index in [-0.39, 0.29) is 33.8 Å². The number of esters is 1. The Balaban J connectivity index is 1.33. The number of carbonyl (C=O) groups is 1. The van der Waals surface area contributed by atoms with Gasteiger partial charge in [-0.3, -0.25) is 0 Å². The van der Waals surface area contributed by atoms with Crippen molar-refractivity contribution in [3.63, 3.8) is 0 Å². The van der Waals surface area contributed by atoms with Crippen LogP contribution in [0.2, 0.25) is 0 Å². The molecule has 0 saturated carbocycles. The highest BCUT2D eigenvalue weighted by atomic mass is 16.7. The lowest BCUT2D eigenvalue weighted by Gasteiger charge is -2.39. The molecule has 3 aromatic carbocycles. The third-order valence-corrected chi connectivity index (χ3v) is 8.94. The number of hydrogen-bond acceptors (Lipinski definition) is 19. The molecular weight excluding hydrogens is 752 g/mol. The summed E-state index contributed by atoms with van der Waals surface area (Å²) in [5, 5.41) is 133. The van der Waals surface area contributed by atoms with Crippen molar-refractivity contribution >= 4 is 23.0 Å². The predicted molar refractivity (Wildman–Crippen MR) is 184 cm³/mol. The molecule has 20 nitrogen and oxygen atoms in total. The number of carbonyl (C=O) groups excluding carboxylic acids is 1. The van der Waals surface area contributed by atoms with Gasteiger partial charge in [0.1, 0.15) is 72.3 Å². The van der Waals surface area contributed by atoms with Crippen molar-refractivity contribution in [3.8, 4) is 57.3 Å². The Morgan fingerprint density at radius 1 is 0.679 bits per heavy atom. The van der Waals surface area contributed by atoms with Crippen LogP contribution in [0.15, 0.2) is 59.0 Å². The fourth-order valence-corrected chi connectivity index (χ4v) is 5.88. The maximum absolute atomic E-state index is 12.5. The van der Waals surface area contributed by atoms with E-state index in [1.165, 1.54) is 30.3 Å². The number of hydrogen-bond donors (Lipinski definition) is 13. The van der Waals surface area contributed by atoms with Gasteiger partial charge in [-0.2, -0.15) is 0 Å². The Morgan fingerprint density at radius 2 is 1.29 bits per heavy atom. The summed E-state index contributed by atoms with van der Waals surface area (Å²) < 4.78 is 34.0. The van der Waals surface area contributed by atoms with Crippen molar-refractivity contribution in [2.45, 2.75) is 61.4 Å². The van der Waals surface area contributed by atoms with Crippen LogP contribution in [0.5, 0.6) is 46.0 Å². The first-order chi connectivity index (χ1) is 26.6. The molecule has 10 atom stereocenters. The Kier molecular flexibility index (Phi) is 11.6. The van der Waals surface area contributed by atoms with Crippen molar-refractivity contribution in [2.24, 2.45) is 0 Å². The first-order valence-electron chi connectivity index (χ1n) is 16.7. The number of phenolic OH excluding ortho intramolecular Hbond substituents is 6. The van der Waals surface area contributed by atoms with E-state index in [2.05, 4.69) is 0 Å². The minimum Gasteiger partial charge on any atom is -0.507 e. The average molecular weight is 790 g/mol. The molecule has 56 heavy (non-hydrogen) atoms. The standard InChI is InChI=1S/C36H36O20/c37-11-24-28(45)30(47)32(49)35(55-24)53-22-9-15(38)8-21-16(22)10-23(34(52-21)14-6-19(41)27(44)20(42)7-14)54-36-33(50)31(48)29(46)25(56-36)12-51-26(43)4-2-13-1-3-17(39)18(40)5-13/h1-10,24-25,28-33,35-37,45-50H,11-12H2,(H5-,38,39,40,41,42,43,44)/p+1/t24?,25?,28-,29+,30+,31?,32?,33?,35-,36-/m1/s1. The monoisotopic (exact) mass is 789 g/mol. The van der Waals surface area contributed by atoms with E-state index < -0.39 is 115 Å². The number of phenols is 6. The van der Waals surface area contributed by atoms with Gasteiger partial charge in [-0.15, -0.1) is 0 Å². The van der Waals surface area contributed by atoms with Gasteiger partial charge in [0.15, 0.2) is 28.7 Å². The maximum Gasteiger partial charge on any atom is 0.402 e. The molecule has 3 heterocycles. The van der Waals surface area contributed by atoms with Crippen molar-refractivity contribution in [3.05, 3.63) is 60.2 Å². The van der Waals surface area contributed by atoms with E-state index in [1.54, 1.807) is 0 Å². The third-order valence-electron chi connectivity index (χ3n) is 8.94. The number of rotatable bonds is 10. The normalized spacial score (nSPS) is 28.0. The molecule has 5 unspecified atom stereocenters.